The predicted octanol–water partition coefficient (Wildman–Crippen LogP) is 1.17. The number of hydrogen-bond acceptors (Lipinski definition) is 4. The van der Waals surface area contributed by atoms with Gasteiger partial charge in [-0.2, -0.15) is 0 Å². The van der Waals surface area contributed by atoms with E-state index in [0.29, 0.717) is 23.6 Å². The lowest BCUT2D eigenvalue weighted by molar-refractivity contribution is 0.0942. The molecule has 0 aliphatic rings. The molecule has 3 N–H and O–H groups in total. The highest BCUT2D eigenvalue weighted by Crippen LogP contribution is 2.30. The van der Waals surface area contributed by atoms with Crippen molar-refractivity contribution in [2.24, 2.45) is 5.73 Å². The first-order valence-electron chi connectivity index (χ1n) is 5.67. The van der Waals surface area contributed by atoms with Crippen molar-refractivity contribution in [1.82, 2.24) is 5.32 Å². The molecule has 18 heavy (non-hydrogen) atoms. The Kier molecular flexibility index (Phi) is 4.55. The molecule has 5 heteroatoms. The zero-order chi connectivity index (χ0) is 13.8. The Labute approximate surface area is 107 Å². The maximum atomic E-state index is 12.0. The summed E-state index contributed by atoms with van der Waals surface area (Å²) in [6.07, 6.45) is 0. The van der Waals surface area contributed by atoms with Crippen LogP contribution in [-0.2, 0) is 0 Å². The molecule has 0 aliphatic heterocycles. The van der Waals surface area contributed by atoms with E-state index < -0.39 is 5.54 Å². The van der Waals surface area contributed by atoms with Crippen LogP contribution in [-0.4, -0.2) is 32.2 Å². The molecule has 100 valence electrons. The first-order chi connectivity index (χ1) is 8.39. The maximum absolute atomic E-state index is 12.0. The topological polar surface area (TPSA) is 73.6 Å². The molecule has 0 fully saturated rings. The van der Waals surface area contributed by atoms with Crippen LogP contribution in [0.2, 0.25) is 0 Å². The van der Waals surface area contributed by atoms with Crippen LogP contribution in [0, 0.1) is 0 Å². The zero-order valence-electron chi connectivity index (χ0n) is 11.2. The predicted molar refractivity (Wildman–Crippen MR) is 70.1 cm³/mol. The molecular weight excluding hydrogens is 232 g/mol. The summed E-state index contributed by atoms with van der Waals surface area (Å²) in [5.74, 6) is 0.716. The van der Waals surface area contributed by atoms with Gasteiger partial charge >= 0.3 is 0 Å². The van der Waals surface area contributed by atoms with Crippen LogP contribution in [0.5, 0.6) is 11.5 Å². The van der Waals surface area contributed by atoms with Crippen LogP contribution < -0.4 is 20.5 Å². The molecule has 0 aromatic heterocycles. The molecule has 0 aliphatic carbocycles. The van der Waals surface area contributed by atoms with Crippen LogP contribution in [0.25, 0.3) is 0 Å². The number of hydrogen-bond donors (Lipinski definition) is 2. The van der Waals surface area contributed by atoms with Crippen LogP contribution in [0.4, 0.5) is 0 Å². The van der Waals surface area contributed by atoms with Crippen molar-refractivity contribution in [3.63, 3.8) is 0 Å². The minimum absolute atomic E-state index is 0.232. The molecule has 1 rings (SSSR count). The average molecular weight is 252 g/mol. The van der Waals surface area contributed by atoms with Crippen molar-refractivity contribution < 1.29 is 14.3 Å². The van der Waals surface area contributed by atoms with Crippen LogP contribution in [0.15, 0.2) is 18.2 Å². The van der Waals surface area contributed by atoms with Crippen LogP contribution in [0.1, 0.15) is 24.2 Å². The highest BCUT2D eigenvalue weighted by atomic mass is 16.5. The summed E-state index contributed by atoms with van der Waals surface area (Å²) in [7, 11) is 3.03. The van der Waals surface area contributed by atoms with Gasteiger partial charge in [0.2, 0.25) is 0 Å². The number of methoxy groups -OCH3 is 2. The third-order valence-electron chi connectivity index (χ3n) is 2.35. The summed E-state index contributed by atoms with van der Waals surface area (Å²) in [6.45, 7) is 4.07. The first kappa shape index (κ1) is 14.3. The minimum atomic E-state index is -0.457. The number of amides is 1. The first-order valence-corrected chi connectivity index (χ1v) is 5.67. The SMILES string of the molecule is COc1cccc(C(=O)NCC(C)(C)N)c1OC. The number of benzene rings is 1. The smallest absolute Gasteiger partial charge is 0.255 e. The van der Waals surface area contributed by atoms with Crippen LogP contribution in [0.3, 0.4) is 0 Å². The molecule has 1 amide bonds. The van der Waals surface area contributed by atoms with Gasteiger partial charge in [-0.3, -0.25) is 4.79 Å². The second-order valence-electron chi connectivity index (χ2n) is 4.71. The van der Waals surface area contributed by atoms with E-state index in [9.17, 15) is 4.79 Å². The third-order valence-corrected chi connectivity index (χ3v) is 2.35. The summed E-state index contributed by atoms with van der Waals surface area (Å²) >= 11 is 0. The van der Waals surface area contributed by atoms with Crippen molar-refractivity contribution in [1.29, 1.82) is 0 Å². The van der Waals surface area contributed by atoms with Gasteiger partial charge in [-0.05, 0) is 26.0 Å². The number of nitrogens with two attached hydrogens (primary N) is 1. The fourth-order valence-electron chi connectivity index (χ4n) is 1.47. The average Bonchev–Trinajstić information content (AvgIpc) is 2.33. The molecule has 0 unspecified atom stereocenters. The number of nitrogens with one attached hydrogen (secondary N) is 1. The lowest BCUT2D eigenvalue weighted by atomic mass is 10.1. The molecule has 0 atom stereocenters. The molecule has 0 saturated carbocycles. The van der Waals surface area contributed by atoms with Gasteiger partial charge in [0.15, 0.2) is 11.5 Å². The second-order valence-corrected chi connectivity index (χ2v) is 4.71. The van der Waals surface area contributed by atoms with Crippen molar-refractivity contribution in [2.45, 2.75) is 19.4 Å². The Bertz CT molecular complexity index is 425. The van der Waals surface area contributed by atoms with Gasteiger partial charge < -0.3 is 20.5 Å². The molecule has 1 aromatic carbocycles. The lowest BCUT2D eigenvalue weighted by Gasteiger charge is -2.19. The summed E-state index contributed by atoms with van der Waals surface area (Å²) in [6, 6.07) is 5.16. The Morgan fingerprint density at radius 1 is 1.33 bits per heavy atom. The summed E-state index contributed by atoms with van der Waals surface area (Å²) < 4.78 is 10.3. The Balaban J connectivity index is 2.92. The van der Waals surface area contributed by atoms with Gasteiger partial charge in [0.05, 0.1) is 19.8 Å². The third kappa shape index (κ3) is 3.63. The highest BCUT2D eigenvalue weighted by Gasteiger charge is 2.18. The van der Waals surface area contributed by atoms with Crippen molar-refractivity contribution in [3.8, 4) is 11.5 Å². The number of carbonyl (C=O) groups excluding carboxylic acids is 1. The molecular formula is C13H20N2O3. The number of rotatable bonds is 5. The highest BCUT2D eigenvalue weighted by molar-refractivity contribution is 5.97. The van der Waals surface area contributed by atoms with E-state index in [0.717, 1.165) is 0 Å². The fourth-order valence-corrected chi connectivity index (χ4v) is 1.47. The monoisotopic (exact) mass is 252 g/mol. The number of para-hydroxylation sites is 1. The fraction of sp³-hybridized carbons (Fsp3) is 0.462. The van der Waals surface area contributed by atoms with E-state index >= 15 is 0 Å². The number of carbonyl (C=O) groups is 1. The van der Waals surface area contributed by atoms with E-state index in [1.54, 1.807) is 18.2 Å². The zero-order valence-corrected chi connectivity index (χ0v) is 11.2. The van der Waals surface area contributed by atoms with Gasteiger partial charge in [-0.1, -0.05) is 6.07 Å². The standard InChI is InChI=1S/C13H20N2O3/c1-13(2,14)8-15-12(16)9-6-5-7-10(17-3)11(9)18-4/h5-7H,8,14H2,1-4H3,(H,15,16). The van der Waals surface area contributed by atoms with Crippen molar-refractivity contribution in [2.75, 3.05) is 20.8 Å². The lowest BCUT2D eigenvalue weighted by Crippen LogP contribution is -2.45. The molecule has 0 spiro atoms. The molecule has 1 aromatic rings. The second kappa shape index (κ2) is 5.73. The van der Waals surface area contributed by atoms with Gasteiger partial charge in [0.1, 0.15) is 0 Å². The summed E-state index contributed by atoms with van der Waals surface area (Å²) in [5, 5.41) is 2.77. The number of ether oxygens (including phenoxy) is 2. The Morgan fingerprint density at radius 2 is 2.00 bits per heavy atom. The van der Waals surface area contributed by atoms with E-state index in [4.69, 9.17) is 15.2 Å². The summed E-state index contributed by atoms with van der Waals surface area (Å²) in [4.78, 5) is 12.0. The molecule has 0 saturated heterocycles. The molecule has 5 nitrogen and oxygen atoms in total. The van der Waals surface area contributed by atoms with Gasteiger partial charge in [-0.15, -0.1) is 0 Å². The van der Waals surface area contributed by atoms with E-state index in [1.807, 2.05) is 13.8 Å². The molecule has 0 radical (unpaired) electrons. The van der Waals surface area contributed by atoms with Crippen molar-refractivity contribution in [3.05, 3.63) is 23.8 Å². The van der Waals surface area contributed by atoms with E-state index in [2.05, 4.69) is 5.32 Å². The summed E-state index contributed by atoms with van der Waals surface area (Å²) in [5.41, 5.74) is 5.79. The minimum Gasteiger partial charge on any atom is -0.493 e. The maximum Gasteiger partial charge on any atom is 0.255 e. The van der Waals surface area contributed by atoms with Gasteiger partial charge in [-0.25, -0.2) is 0 Å². The van der Waals surface area contributed by atoms with Crippen molar-refractivity contribution >= 4 is 5.91 Å². The largest absolute Gasteiger partial charge is 0.493 e. The van der Waals surface area contributed by atoms with Gasteiger partial charge in [0, 0.05) is 12.1 Å². The quantitative estimate of drug-likeness (QED) is 0.825. The molecule has 0 heterocycles. The Morgan fingerprint density at radius 3 is 2.50 bits per heavy atom. The van der Waals surface area contributed by atoms with Gasteiger partial charge in [0.25, 0.3) is 5.91 Å². The Hall–Kier alpha value is -1.75. The van der Waals surface area contributed by atoms with Crippen LogP contribution >= 0.6 is 0 Å². The van der Waals surface area contributed by atoms with E-state index in [-0.39, 0.29) is 5.91 Å². The van der Waals surface area contributed by atoms with E-state index in [1.165, 1.54) is 14.2 Å². The normalized spacial score (nSPS) is 10.9. The molecule has 0 bridgehead atoms.